The van der Waals surface area contributed by atoms with E-state index in [1.807, 2.05) is 37.3 Å². The molecule has 0 aliphatic carbocycles. The lowest BCUT2D eigenvalue weighted by atomic mass is 10.1. The van der Waals surface area contributed by atoms with E-state index in [4.69, 9.17) is 22.1 Å². The van der Waals surface area contributed by atoms with Crippen molar-refractivity contribution >= 4 is 29.1 Å². The smallest absolute Gasteiger partial charge is 0.258 e. The fraction of sp³-hybridized carbons (Fsp3) is 0.176. The minimum Gasteiger partial charge on any atom is -0.366 e. The third-order valence-electron chi connectivity index (χ3n) is 3.18. The Hall–Kier alpha value is -2.37. The molecule has 6 heteroatoms. The van der Waals surface area contributed by atoms with Crippen LogP contribution in [-0.4, -0.2) is 18.4 Å². The van der Waals surface area contributed by atoms with Crippen molar-refractivity contribution in [2.45, 2.75) is 13.0 Å². The molecule has 23 heavy (non-hydrogen) atoms. The molecular formula is C17H17ClN2O3. The summed E-state index contributed by atoms with van der Waals surface area (Å²) in [6, 6.07) is 13.7. The molecule has 0 spiro atoms. The van der Waals surface area contributed by atoms with Crippen LogP contribution in [0.5, 0.6) is 0 Å². The third kappa shape index (κ3) is 4.31. The number of nitrogens with two attached hydrogens (primary N) is 1. The molecule has 0 fully saturated rings. The van der Waals surface area contributed by atoms with Crippen LogP contribution in [0.4, 0.5) is 5.69 Å². The number of carbonyl (C=O) groups excluding carboxylic acids is 2. The zero-order chi connectivity index (χ0) is 16.8. The molecule has 0 aromatic heterocycles. The first-order valence-electron chi connectivity index (χ1n) is 7.09. The molecule has 2 aromatic rings. The van der Waals surface area contributed by atoms with Gasteiger partial charge in [-0.2, -0.15) is 0 Å². The summed E-state index contributed by atoms with van der Waals surface area (Å²) in [5.74, 6) is -0.940. The van der Waals surface area contributed by atoms with Gasteiger partial charge >= 0.3 is 0 Å². The van der Waals surface area contributed by atoms with Gasteiger partial charge in [-0.1, -0.05) is 41.9 Å². The maximum Gasteiger partial charge on any atom is 0.258 e. The number of ether oxygens (including phenoxy) is 1. The molecule has 0 saturated carbocycles. The zero-order valence-corrected chi connectivity index (χ0v) is 13.3. The summed E-state index contributed by atoms with van der Waals surface area (Å²) in [5.41, 5.74) is 6.62. The number of hydrogen-bond acceptors (Lipinski definition) is 3. The van der Waals surface area contributed by atoms with E-state index in [2.05, 4.69) is 5.32 Å². The Kier molecular flexibility index (Phi) is 5.73. The molecule has 0 bridgehead atoms. The van der Waals surface area contributed by atoms with Crippen molar-refractivity contribution in [2.24, 2.45) is 5.73 Å². The molecule has 3 N–H and O–H groups in total. The van der Waals surface area contributed by atoms with Gasteiger partial charge in [0.2, 0.25) is 5.91 Å². The third-order valence-corrected chi connectivity index (χ3v) is 3.49. The van der Waals surface area contributed by atoms with Crippen LogP contribution >= 0.6 is 11.6 Å². The molecule has 2 rings (SSSR count). The Balaban J connectivity index is 2.19. The van der Waals surface area contributed by atoms with Crippen molar-refractivity contribution in [3.8, 4) is 0 Å². The van der Waals surface area contributed by atoms with Gasteiger partial charge in [0.25, 0.3) is 5.91 Å². The second-order valence-corrected chi connectivity index (χ2v) is 5.20. The number of nitrogens with one attached hydrogen (secondary N) is 1. The fourth-order valence-electron chi connectivity index (χ4n) is 2.12. The summed E-state index contributed by atoms with van der Waals surface area (Å²) in [4.78, 5) is 23.6. The van der Waals surface area contributed by atoms with E-state index in [1.165, 1.54) is 12.1 Å². The van der Waals surface area contributed by atoms with Crippen molar-refractivity contribution in [3.05, 3.63) is 64.7 Å². The number of benzene rings is 2. The van der Waals surface area contributed by atoms with E-state index in [0.29, 0.717) is 12.3 Å². The number of halogens is 1. The van der Waals surface area contributed by atoms with E-state index in [1.54, 1.807) is 6.07 Å². The van der Waals surface area contributed by atoms with E-state index >= 15 is 0 Å². The maximum atomic E-state index is 12.5. The highest BCUT2D eigenvalue weighted by atomic mass is 35.5. The summed E-state index contributed by atoms with van der Waals surface area (Å²) >= 11 is 5.98. The van der Waals surface area contributed by atoms with Gasteiger partial charge in [-0.15, -0.1) is 0 Å². The highest BCUT2D eigenvalue weighted by Gasteiger charge is 2.21. The topological polar surface area (TPSA) is 81.4 Å². The van der Waals surface area contributed by atoms with Crippen molar-refractivity contribution in [1.82, 2.24) is 0 Å². The second kappa shape index (κ2) is 7.76. The molecule has 0 aliphatic heterocycles. The molecular weight excluding hydrogens is 316 g/mol. The summed E-state index contributed by atoms with van der Waals surface area (Å²) in [6.07, 6.45) is -0.726. The Bertz CT molecular complexity index is 704. The molecule has 2 amide bonds. The minimum atomic E-state index is -0.726. The zero-order valence-electron chi connectivity index (χ0n) is 12.6. The molecule has 2 aromatic carbocycles. The minimum absolute atomic E-state index is 0.183. The van der Waals surface area contributed by atoms with Crippen LogP contribution in [0, 0.1) is 0 Å². The monoisotopic (exact) mass is 332 g/mol. The van der Waals surface area contributed by atoms with E-state index in [0.717, 1.165) is 5.56 Å². The van der Waals surface area contributed by atoms with Gasteiger partial charge in [0.15, 0.2) is 6.10 Å². The van der Waals surface area contributed by atoms with Gasteiger partial charge in [-0.25, -0.2) is 0 Å². The Labute approximate surface area is 139 Å². The molecule has 0 aliphatic rings. The molecule has 0 unspecified atom stereocenters. The number of amides is 2. The van der Waals surface area contributed by atoms with Crippen LogP contribution in [0.2, 0.25) is 5.02 Å². The molecule has 5 nitrogen and oxygen atoms in total. The molecule has 1 atom stereocenters. The van der Waals surface area contributed by atoms with Crippen LogP contribution in [0.1, 0.15) is 28.9 Å². The molecule has 0 radical (unpaired) electrons. The predicted octanol–water partition coefficient (Wildman–Crippen LogP) is 3.16. The number of primary amides is 1. The number of carbonyl (C=O) groups is 2. The number of hydrogen-bond donors (Lipinski definition) is 2. The van der Waals surface area contributed by atoms with Crippen LogP contribution < -0.4 is 11.1 Å². The standard InChI is InChI=1S/C17H17ClN2O3/c1-2-23-15(11-6-4-3-5-7-11)17(22)20-12-8-9-13(16(19)21)14(18)10-12/h3-10,15H,2H2,1H3,(H2,19,21)(H,20,22)/t15-/m1/s1. The lowest BCUT2D eigenvalue weighted by Gasteiger charge is -2.17. The Morgan fingerprint density at radius 3 is 2.48 bits per heavy atom. The largest absolute Gasteiger partial charge is 0.366 e. The van der Waals surface area contributed by atoms with Gasteiger partial charge in [0, 0.05) is 12.3 Å². The van der Waals surface area contributed by atoms with E-state index in [-0.39, 0.29) is 16.5 Å². The van der Waals surface area contributed by atoms with Crippen molar-refractivity contribution in [3.63, 3.8) is 0 Å². The Morgan fingerprint density at radius 1 is 1.22 bits per heavy atom. The fourth-order valence-corrected chi connectivity index (χ4v) is 2.39. The van der Waals surface area contributed by atoms with Crippen molar-refractivity contribution in [1.29, 1.82) is 0 Å². The highest BCUT2D eigenvalue weighted by Crippen LogP contribution is 2.23. The van der Waals surface area contributed by atoms with Gasteiger partial charge in [-0.3, -0.25) is 9.59 Å². The van der Waals surface area contributed by atoms with Gasteiger partial charge < -0.3 is 15.8 Å². The summed E-state index contributed by atoms with van der Waals surface area (Å²) in [5, 5.41) is 2.92. The lowest BCUT2D eigenvalue weighted by Crippen LogP contribution is -2.23. The number of anilines is 1. The normalized spacial score (nSPS) is 11.7. The van der Waals surface area contributed by atoms with Crippen LogP contribution in [0.15, 0.2) is 48.5 Å². The molecule has 120 valence electrons. The summed E-state index contributed by atoms with van der Waals surface area (Å²) < 4.78 is 5.54. The van der Waals surface area contributed by atoms with Gasteiger partial charge in [-0.05, 0) is 30.7 Å². The maximum absolute atomic E-state index is 12.5. The summed E-state index contributed by atoms with van der Waals surface area (Å²) in [7, 11) is 0. The number of rotatable bonds is 6. The molecule has 0 heterocycles. The highest BCUT2D eigenvalue weighted by molar-refractivity contribution is 6.34. The van der Waals surface area contributed by atoms with Crippen LogP contribution in [0.25, 0.3) is 0 Å². The van der Waals surface area contributed by atoms with E-state index in [9.17, 15) is 9.59 Å². The van der Waals surface area contributed by atoms with Crippen molar-refractivity contribution < 1.29 is 14.3 Å². The Morgan fingerprint density at radius 2 is 1.91 bits per heavy atom. The predicted molar refractivity (Wildman–Crippen MR) is 89.4 cm³/mol. The average molecular weight is 333 g/mol. The first-order chi connectivity index (χ1) is 11.0. The second-order valence-electron chi connectivity index (χ2n) is 4.79. The van der Waals surface area contributed by atoms with Gasteiger partial charge in [0.05, 0.1) is 10.6 Å². The SMILES string of the molecule is CCO[C@@H](C(=O)Nc1ccc(C(N)=O)c(Cl)c1)c1ccccc1. The molecule has 0 saturated heterocycles. The van der Waals surface area contributed by atoms with Crippen molar-refractivity contribution in [2.75, 3.05) is 11.9 Å². The lowest BCUT2D eigenvalue weighted by molar-refractivity contribution is -0.127. The van der Waals surface area contributed by atoms with Crippen LogP contribution in [-0.2, 0) is 9.53 Å². The van der Waals surface area contributed by atoms with Gasteiger partial charge in [0.1, 0.15) is 0 Å². The summed E-state index contributed by atoms with van der Waals surface area (Å²) in [6.45, 7) is 2.22. The van der Waals surface area contributed by atoms with Crippen LogP contribution in [0.3, 0.4) is 0 Å². The quantitative estimate of drug-likeness (QED) is 0.852. The first-order valence-corrected chi connectivity index (χ1v) is 7.47. The average Bonchev–Trinajstić information content (AvgIpc) is 2.53. The van der Waals surface area contributed by atoms with E-state index < -0.39 is 12.0 Å². The first kappa shape index (κ1) is 17.0.